The van der Waals surface area contributed by atoms with Crippen molar-refractivity contribution in [3.63, 3.8) is 0 Å². The smallest absolute Gasteiger partial charge is 0.253 e. The molecule has 0 aliphatic rings. The van der Waals surface area contributed by atoms with Crippen LogP contribution in [0.2, 0.25) is 0 Å². The third-order valence-electron chi connectivity index (χ3n) is 6.71. The molecule has 0 spiro atoms. The molecule has 2 aromatic carbocycles. The van der Waals surface area contributed by atoms with Gasteiger partial charge in [0.05, 0.1) is 19.3 Å². The van der Waals surface area contributed by atoms with Gasteiger partial charge in [-0.05, 0) is 74.0 Å². The van der Waals surface area contributed by atoms with Gasteiger partial charge in [-0.1, -0.05) is 33.8 Å². The molecule has 0 bridgehead atoms. The minimum Gasteiger partial charge on any atom is -0.494 e. The highest BCUT2D eigenvalue weighted by Crippen LogP contribution is 2.20. The predicted octanol–water partition coefficient (Wildman–Crippen LogP) is 3.53. The summed E-state index contributed by atoms with van der Waals surface area (Å²) in [7, 11) is 1.37. The molecule has 0 unspecified atom stereocenters. The summed E-state index contributed by atoms with van der Waals surface area (Å²) >= 11 is 0. The van der Waals surface area contributed by atoms with Crippen LogP contribution in [0.4, 0.5) is 4.39 Å². The Balaban J connectivity index is 2.37. The minimum absolute atomic E-state index is 0.0265. The maximum atomic E-state index is 14.4. The van der Waals surface area contributed by atoms with Crippen LogP contribution in [0.25, 0.3) is 0 Å². The van der Waals surface area contributed by atoms with E-state index in [2.05, 4.69) is 24.5 Å². The number of carbonyl (C=O) groups excluding carboxylic acids is 3. The fourth-order valence-electron chi connectivity index (χ4n) is 4.47. The molecule has 9 nitrogen and oxygen atoms in total. The second-order valence-electron chi connectivity index (χ2n) is 10.7. The van der Waals surface area contributed by atoms with Gasteiger partial charge in [-0.3, -0.25) is 14.4 Å². The first kappa shape index (κ1) is 33.7. The summed E-state index contributed by atoms with van der Waals surface area (Å²) in [6.45, 7) is 10.1. The molecule has 226 valence electrons. The van der Waals surface area contributed by atoms with Crippen LogP contribution >= 0.6 is 0 Å². The second kappa shape index (κ2) is 16.7. The average Bonchev–Trinajstić information content (AvgIpc) is 2.94. The SMILES string of the molecule is CCCN(CCC)C(=O)c1cc(C(N)=O)cc(C(=O)N[C@@H](Cc2ccc(OC)c(F)c2)[C@H](O)CNCCC(C)C)c1. The molecule has 0 radical (unpaired) electrons. The number of nitrogens with two attached hydrogens (primary N) is 1. The van der Waals surface area contributed by atoms with Crippen molar-refractivity contribution >= 4 is 17.7 Å². The molecule has 0 aliphatic carbocycles. The molecule has 0 fully saturated rings. The van der Waals surface area contributed by atoms with Crippen LogP contribution in [0.1, 0.15) is 83.6 Å². The Labute approximate surface area is 242 Å². The number of aliphatic hydroxyl groups excluding tert-OH is 1. The van der Waals surface area contributed by atoms with Gasteiger partial charge in [0.15, 0.2) is 11.6 Å². The molecular weight excluding hydrogens is 527 g/mol. The molecular formula is C31H45FN4O5. The molecule has 0 aromatic heterocycles. The van der Waals surface area contributed by atoms with Gasteiger partial charge < -0.3 is 31.1 Å². The van der Waals surface area contributed by atoms with Crippen LogP contribution in [-0.4, -0.2) is 73.2 Å². The molecule has 0 saturated carbocycles. The van der Waals surface area contributed by atoms with E-state index in [1.165, 1.54) is 37.4 Å². The lowest BCUT2D eigenvalue weighted by atomic mass is 9.99. The summed E-state index contributed by atoms with van der Waals surface area (Å²) < 4.78 is 19.4. The number of hydrogen-bond acceptors (Lipinski definition) is 6. The number of primary amides is 1. The average molecular weight is 573 g/mol. The van der Waals surface area contributed by atoms with Gasteiger partial charge in [-0.15, -0.1) is 0 Å². The van der Waals surface area contributed by atoms with Gasteiger partial charge in [-0.25, -0.2) is 4.39 Å². The largest absolute Gasteiger partial charge is 0.494 e. The van der Waals surface area contributed by atoms with Gasteiger partial charge in [0.1, 0.15) is 0 Å². The topological polar surface area (TPSA) is 134 Å². The number of methoxy groups -OCH3 is 1. The summed E-state index contributed by atoms with van der Waals surface area (Å²) in [4.78, 5) is 40.5. The van der Waals surface area contributed by atoms with Crippen LogP contribution < -0.4 is 21.1 Å². The van der Waals surface area contributed by atoms with Gasteiger partial charge in [0.2, 0.25) is 5.91 Å². The first-order valence-electron chi connectivity index (χ1n) is 14.3. The van der Waals surface area contributed by atoms with E-state index in [1.54, 1.807) is 11.0 Å². The molecule has 0 heterocycles. The van der Waals surface area contributed by atoms with Crippen molar-refractivity contribution in [2.24, 2.45) is 11.7 Å². The van der Waals surface area contributed by atoms with Crippen molar-refractivity contribution in [1.82, 2.24) is 15.5 Å². The third kappa shape index (κ3) is 10.4. The normalized spacial score (nSPS) is 12.6. The number of amides is 3. The lowest BCUT2D eigenvalue weighted by molar-refractivity contribution is 0.0755. The standard InChI is InChI=1S/C31H45FN4O5/c1-6-12-36(13-7-2)31(40)24-17-22(29(33)38)16-23(18-24)30(39)35-26(27(37)19-34-11-10-20(3)4)15-21-8-9-28(41-5)25(32)14-21/h8-9,14,16-18,20,26-27,34,37H,6-7,10-13,15,19H2,1-5H3,(H2,33,38)(H,35,39)/t26-,27+/m0/s1. The molecule has 3 amide bonds. The van der Waals surface area contributed by atoms with Crippen molar-refractivity contribution in [2.75, 3.05) is 33.3 Å². The zero-order chi connectivity index (χ0) is 30.5. The number of nitrogens with zero attached hydrogens (tertiary/aromatic N) is 1. The maximum Gasteiger partial charge on any atom is 0.253 e. The maximum absolute atomic E-state index is 14.4. The molecule has 2 aromatic rings. The van der Waals surface area contributed by atoms with Crippen LogP contribution in [0.5, 0.6) is 5.75 Å². The number of nitrogens with one attached hydrogen (secondary N) is 2. The zero-order valence-electron chi connectivity index (χ0n) is 24.8. The number of benzene rings is 2. The van der Waals surface area contributed by atoms with E-state index in [1.807, 2.05) is 13.8 Å². The van der Waals surface area contributed by atoms with E-state index in [0.717, 1.165) is 19.3 Å². The number of ether oxygens (including phenoxy) is 1. The molecule has 2 rings (SSSR count). The van der Waals surface area contributed by atoms with Crippen molar-refractivity contribution in [3.05, 3.63) is 64.5 Å². The molecule has 0 saturated heterocycles. The van der Waals surface area contributed by atoms with Crippen LogP contribution in [-0.2, 0) is 6.42 Å². The van der Waals surface area contributed by atoms with Crippen molar-refractivity contribution < 1.29 is 28.6 Å². The summed E-state index contributed by atoms with van der Waals surface area (Å²) in [5.41, 5.74) is 6.35. The third-order valence-corrected chi connectivity index (χ3v) is 6.71. The highest BCUT2D eigenvalue weighted by atomic mass is 19.1. The fourth-order valence-corrected chi connectivity index (χ4v) is 4.47. The summed E-state index contributed by atoms with van der Waals surface area (Å²) in [6.07, 6.45) is 1.54. The van der Waals surface area contributed by atoms with E-state index in [0.29, 0.717) is 31.1 Å². The van der Waals surface area contributed by atoms with Gasteiger partial charge in [0, 0.05) is 36.3 Å². The monoisotopic (exact) mass is 572 g/mol. The molecule has 0 aliphatic heterocycles. The Bertz CT molecular complexity index is 1170. The van der Waals surface area contributed by atoms with Crippen LogP contribution in [0, 0.1) is 11.7 Å². The Kier molecular flexibility index (Phi) is 13.7. The Morgan fingerprint density at radius 1 is 1.02 bits per heavy atom. The Morgan fingerprint density at radius 2 is 1.66 bits per heavy atom. The summed E-state index contributed by atoms with van der Waals surface area (Å²) in [5, 5.41) is 17.1. The van der Waals surface area contributed by atoms with E-state index >= 15 is 0 Å². The first-order valence-corrected chi connectivity index (χ1v) is 14.3. The Morgan fingerprint density at radius 3 is 2.22 bits per heavy atom. The van der Waals surface area contributed by atoms with Crippen molar-refractivity contribution in [3.8, 4) is 5.75 Å². The fraction of sp³-hybridized carbons (Fsp3) is 0.516. The predicted molar refractivity (Wildman–Crippen MR) is 158 cm³/mol. The van der Waals surface area contributed by atoms with Gasteiger partial charge >= 0.3 is 0 Å². The van der Waals surface area contributed by atoms with Crippen molar-refractivity contribution in [2.45, 2.75) is 65.5 Å². The molecule has 5 N–H and O–H groups in total. The summed E-state index contributed by atoms with van der Waals surface area (Å²) in [5.74, 6) is -1.65. The highest BCUT2D eigenvalue weighted by Gasteiger charge is 2.25. The van der Waals surface area contributed by atoms with E-state index in [9.17, 15) is 23.9 Å². The number of rotatable bonds is 17. The quantitative estimate of drug-likeness (QED) is 0.214. The minimum atomic E-state index is -1.01. The summed E-state index contributed by atoms with van der Waals surface area (Å²) in [6, 6.07) is 7.80. The lowest BCUT2D eigenvalue weighted by Crippen LogP contribution is -2.49. The lowest BCUT2D eigenvalue weighted by Gasteiger charge is -2.26. The first-order chi connectivity index (χ1) is 19.5. The van der Waals surface area contributed by atoms with E-state index in [-0.39, 0.29) is 41.3 Å². The van der Waals surface area contributed by atoms with Crippen LogP contribution in [0.3, 0.4) is 0 Å². The molecule has 10 heteroatoms. The highest BCUT2D eigenvalue weighted by molar-refractivity contribution is 6.04. The second-order valence-corrected chi connectivity index (χ2v) is 10.7. The number of halogens is 1. The number of aliphatic hydroxyl groups is 1. The zero-order valence-corrected chi connectivity index (χ0v) is 24.8. The number of hydrogen-bond donors (Lipinski definition) is 4. The molecule has 41 heavy (non-hydrogen) atoms. The van der Waals surface area contributed by atoms with E-state index in [4.69, 9.17) is 10.5 Å². The van der Waals surface area contributed by atoms with Gasteiger partial charge in [-0.2, -0.15) is 0 Å². The number of carbonyl (C=O) groups is 3. The molecule has 2 atom stereocenters. The van der Waals surface area contributed by atoms with E-state index < -0.39 is 29.8 Å². The van der Waals surface area contributed by atoms with Gasteiger partial charge in [0.25, 0.3) is 11.8 Å². The van der Waals surface area contributed by atoms with Crippen molar-refractivity contribution in [1.29, 1.82) is 0 Å². The Hall–Kier alpha value is -3.50. The van der Waals surface area contributed by atoms with Crippen LogP contribution in [0.15, 0.2) is 36.4 Å².